The quantitative estimate of drug-likeness (QED) is 0.315. The number of amides is 2. The highest BCUT2D eigenvalue weighted by Crippen LogP contribution is 2.26. The largest absolute Gasteiger partial charge is 0.355 e. The molecule has 2 amide bonds. The molecule has 8 nitrogen and oxygen atoms in total. The first kappa shape index (κ1) is 20.8. The van der Waals surface area contributed by atoms with Crippen LogP contribution in [0.25, 0.3) is 11.3 Å². The lowest BCUT2D eigenvalue weighted by Gasteiger charge is -2.04. The maximum Gasteiger partial charge on any atom is 0.279 e. The number of nitrogens with one attached hydrogen (secondary N) is 2. The normalized spacial score (nSPS) is 10.6. The number of nitrogens with zero attached hydrogens (tertiary/aromatic N) is 3. The van der Waals surface area contributed by atoms with Gasteiger partial charge in [-0.05, 0) is 24.6 Å². The molecule has 0 bridgehead atoms. The van der Waals surface area contributed by atoms with Crippen molar-refractivity contribution in [2.24, 2.45) is 0 Å². The lowest BCUT2D eigenvalue weighted by Crippen LogP contribution is -2.13. The molecule has 0 radical (unpaired) electrons. The second kappa shape index (κ2) is 9.54. The molecule has 31 heavy (non-hydrogen) atoms. The summed E-state index contributed by atoms with van der Waals surface area (Å²) in [7, 11) is 0. The predicted octanol–water partition coefficient (Wildman–Crippen LogP) is 4.48. The second-order valence-electron chi connectivity index (χ2n) is 6.48. The van der Waals surface area contributed by atoms with Gasteiger partial charge < -0.3 is 9.84 Å². The third-order valence-corrected chi connectivity index (χ3v) is 6.03. The molecule has 2 N–H and O–H groups in total. The third-order valence-electron chi connectivity index (χ3n) is 4.06. The molecule has 0 aliphatic heterocycles. The molecule has 0 spiro atoms. The lowest BCUT2D eigenvalue weighted by molar-refractivity contribution is -0.113. The van der Waals surface area contributed by atoms with Crippen LogP contribution in [-0.4, -0.2) is 32.9 Å². The van der Waals surface area contributed by atoms with E-state index in [-0.39, 0.29) is 17.4 Å². The van der Waals surface area contributed by atoms with Crippen molar-refractivity contribution in [1.82, 2.24) is 15.4 Å². The second-order valence-corrected chi connectivity index (χ2v) is 8.68. The first-order valence-electron chi connectivity index (χ1n) is 9.23. The van der Waals surface area contributed by atoms with Crippen LogP contribution in [0.3, 0.4) is 0 Å². The maximum absolute atomic E-state index is 12.4. The van der Waals surface area contributed by atoms with Crippen molar-refractivity contribution in [2.75, 3.05) is 16.4 Å². The minimum absolute atomic E-state index is 0.140. The van der Waals surface area contributed by atoms with E-state index in [4.69, 9.17) is 4.52 Å². The van der Waals surface area contributed by atoms with Crippen LogP contribution in [0.15, 0.2) is 69.5 Å². The summed E-state index contributed by atoms with van der Waals surface area (Å²) in [4.78, 5) is 24.5. The summed E-state index contributed by atoms with van der Waals surface area (Å²) in [6.07, 6.45) is 0. The molecule has 0 aliphatic rings. The third kappa shape index (κ3) is 5.56. The monoisotopic (exact) mass is 451 g/mol. The van der Waals surface area contributed by atoms with E-state index in [1.807, 2.05) is 61.5 Å². The molecule has 0 unspecified atom stereocenters. The number of hydrogen-bond donors (Lipinski definition) is 2. The summed E-state index contributed by atoms with van der Waals surface area (Å²) < 4.78 is 5.81. The average Bonchev–Trinajstić information content (AvgIpc) is 3.43. The van der Waals surface area contributed by atoms with Gasteiger partial charge >= 0.3 is 0 Å². The van der Waals surface area contributed by atoms with Crippen LogP contribution < -0.4 is 10.6 Å². The summed E-state index contributed by atoms with van der Waals surface area (Å²) in [6.45, 7) is 1.96. The molecule has 0 aliphatic carbocycles. The zero-order valence-corrected chi connectivity index (χ0v) is 18.0. The zero-order valence-electron chi connectivity index (χ0n) is 16.4. The SMILES string of the molecule is Cc1cccc(NC(=O)CSc2nnc(NC(=O)c3cc(-c4ccccc4)on3)s2)c1. The summed E-state index contributed by atoms with van der Waals surface area (Å²) in [6, 6.07) is 18.5. The Hall–Kier alpha value is -3.50. The maximum atomic E-state index is 12.4. The molecule has 156 valence electrons. The van der Waals surface area contributed by atoms with E-state index in [0.717, 1.165) is 16.8 Å². The Morgan fingerprint density at radius 3 is 2.68 bits per heavy atom. The Kier molecular flexibility index (Phi) is 6.39. The van der Waals surface area contributed by atoms with E-state index in [1.54, 1.807) is 6.07 Å². The first-order valence-corrected chi connectivity index (χ1v) is 11.0. The highest BCUT2D eigenvalue weighted by Gasteiger charge is 2.16. The van der Waals surface area contributed by atoms with Crippen LogP contribution in [0.1, 0.15) is 16.1 Å². The molecule has 0 atom stereocenters. The number of anilines is 2. The Bertz CT molecular complexity index is 1210. The van der Waals surface area contributed by atoms with Gasteiger partial charge in [0.2, 0.25) is 11.0 Å². The Labute approximate surface area is 186 Å². The number of aryl methyl sites for hydroxylation is 1. The van der Waals surface area contributed by atoms with Crippen molar-refractivity contribution >= 4 is 45.7 Å². The standard InChI is InChI=1S/C21H17N5O3S2/c1-13-6-5-9-15(10-13)22-18(27)12-30-21-25-24-20(31-21)23-19(28)16-11-17(29-26-16)14-7-3-2-4-8-14/h2-11H,12H2,1H3,(H,22,27)(H,23,24,28). The van der Waals surface area contributed by atoms with Crippen LogP contribution in [0, 0.1) is 6.92 Å². The van der Waals surface area contributed by atoms with Crippen molar-refractivity contribution in [3.05, 3.63) is 71.9 Å². The molecule has 10 heteroatoms. The number of aromatic nitrogens is 3. The molecule has 4 rings (SSSR count). The highest BCUT2D eigenvalue weighted by atomic mass is 32.2. The molecular formula is C21H17N5O3S2. The number of hydrogen-bond acceptors (Lipinski definition) is 8. The number of rotatable bonds is 7. The van der Waals surface area contributed by atoms with E-state index in [2.05, 4.69) is 26.0 Å². The fourth-order valence-electron chi connectivity index (χ4n) is 2.65. The Balaban J connectivity index is 1.30. The fraction of sp³-hybridized carbons (Fsp3) is 0.0952. The van der Waals surface area contributed by atoms with E-state index in [9.17, 15) is 9.59 Å². The molecule has 0 saturated heterocycles. The smallest absolute Gasteiger partial charge is 0.279 e. The van der Waals surface area contributed by atoms with Crippen LogP contribution in [0.2, 0.25) is 0 Å². The summed E-state index contributed by atoms with van der Waals surface area (Å²) in [5.41, 5.74) is 2.78. The van der Waals surface area contributed by atoms with Gasteiger partial charge in [0.15, 0.2) is 15.8 Å². The topological polar surface area (TPSA) is 110 Å². The van der Waals surface area contributed by atoms with Gasteiger partial charge in [-0.3, -0.25) is 14.9 Å². The van der Waals surface area contributed by atoms with Crippen LogP contribution in [-0.2, 0) is 4.79 Å². The zero-order chi connectivity index (χ0) is 21.6. The number of benzene rings is 2. The minimum Gasteiger partial charge on any atom is -0.355 e. The van der Waals surface area contributed by atoms with Crippen molar-refractivity contribution in [3.63, 3.8) is 0 Å². The van der Waals surface area contributed by atoms with Gasteiger partial charge in [-0.25, -0.2) is 0 Å². The lowest BCUT2D eigenvalue weighted by atomic mass is 10.1. The highest BCUT2D eigenvalue weighted by molar-refractivity contribution is 8.01. The molecule has 0 saturated carbocycles. The van der Waals surface area contributed by atoms with Crippen molar-refractivity contribution < 1.29 is 14.1 Å². The Morgan fingerprint density at radius 1 is 1.03 bits per heavy atom. The fourth-order valence-corrected chi connectivity index (χ4v) is 4.19. The molecule has 2 aromatic carbocycles. The summed E-state index contributed by atoms with van der Waals surface area (Å²) in [5, 5.41) is 17.6. The molecule has 0 fully saturated rings. The predicted molar refractivity (Wildman–Crippen MR) is 120 cm³/mol. The summed E-state index contributed by atoms with van der Waals surface area (Å²) >= 11 is 2.42. The van der Waals surface area contributed by atoms with Gasteiger partial charge in [0.1, 0.15) is 0 Å². The van der Waals surface area contributed by atoms with Crippen molar-refractivity contribution in [1.29, 1.82) is 0 Å². The van der Waals surface area contributed by atoms with Crippen molar-refractivity contribution in [2.45, 2.75) is 11.3 Å². The minimum atomic E-state index is -0.448. The summed E-state index contributed by atoms with van der Waals surface area (Å²) in [5.74, 6) is 0.0855. The molecule has 2 aromatic heterocycles. The molecule has 4 aromatic rings. The van der Waals surface area contributed by atoms with Crippen molar-refractivity contribution in [3.8, 4) is 11.3 Å². The Morgan fingerprint density at radius 2 is 1.87 bits per heavy atom. The number of carbonyl (C=O) groups excluding carboxylic acids is 2. The van der Waals surface area contributed by atoms with Gasteiger partial charge in [0.05, 0.1) is 5.75 Å². The number of thioether (sulfide) groups is 1. The van der Waals surface area contributed by atoms with Gasteiger partial charge in [-0.15, -0.1) is 10.2 Å². The van der Waals surface area contributed by atoms with Gasteiger partial charge in [0.25, 0.3) is 5.91 Å². The van der Waals surface area contributed by atoms with E-state index >= 15 is 0 Å². The molecule has 2 heterocycles. The first-order chi connectivity index (χ1) is 15.1. The van der Waals surface area contributed by atoms with Crippen LogP contribution in [0.5, 0.6) is 0 Å². The average molecular weight is 452 g/mol. The van der Waals surface area contributed by atoms with E-state index < -0.39 is 5.91 Å². The van der Waals surface area contributed by atoms with Gasteiger partial charge in [-0.1, -0.05) is 70.7 Å². The van der Waals surface area contributed by atoms with E-state index in [1.165, 1.54) is 23.1 Å². The number of carbonyl (C=O) groups is 2. The van der Waals surface area contributed by atoms with E-state index in [0.29, 0.717) is 15.2 Å². The molecular weight excluding hydrogens is 434 g/mol. The van der Waals surface area contributed by atoms with Crippen LogP contribution in [0.4, 0.5) is 10.8 Å². The van der Waals surface area contributed by atoms with Crippen LogP contribution >= 0.6 is 23.1 Å². The van der Waals surface area contributed by atoms with Gasteiger partial charge in [0, 0.05) is 17.3 Å². The van der Waals surface area contributed by atoms with Gasteiger partial charge in [-0.2, -0.15) is 0 Å².